The second kappa shape index (κ2) is 5.83. The second-order valence-electron chi connectivity index (χ2n) is 4.19. The van der Waals surface area contributed by atoms with Gasteiger partial charge in [-0.25, -0.2) is 0 Å². The van der Waals surface area contributed by atoms with Crippen LogP contribution in [0.1, 0.15) is 18.5 Å². The number of benzene rings is 1. The number of para-hydroxylation sites is 1. The van der Waals surface area contributed by atoms with Crippen LogP contribution in [0.2, 0.25) is 0 Å². The van der Waals surface area contributed by atoms with Crippen LogP contribution in [0.5, 0.6) is 0 Å². The zero-order valence-corrected chi connectivity index (χ0v) is 10.2. The third kappa shape index (κ3) is 2.86. The number of aromatic nitrogens is 1. The minimum absolute atomic E-state index is 0.0499. The van der Waals surface area contributed by atoms with Crippen molar-refractivity contribution >= 4 is 5.69 Å². The number of nitriles is 1. The Morgan fingerprint density at radius 1 is 1.17 bits per heavy atom. The minimum Gasteiger partial charge on any atom is -0.377 e. The molecule has 0 amide bonds. The number of hydrogen-bond acceptors (Lipinski definition) is 3. The average Bonchev–Trinajstić information content (AvgIpc) is 2.46. The van der Waals surface area contributed by atoms with E-state index in [-0.39, 0.29) is 12.0 Å². The molecular weight excluding hydrogens is 222 g/mol. The van der Waals surface area contributed by atoms with Crippen molar-refractivity contribution in [1.29, 1.82) is 5.26 Å². The van der Waals surface area contributed by atoms with Crippen molar-refractivity contribution in [3.05, 3.63) is 60.4 Å². The summed E-state index contributed by atoms with van der Waals surface area (Å²) in [7, 11) is 0. The first-order valence-corrected chi connectivity index (χ1v) is 5.92. The smallest absolute Gasteiger partial charge is 0.0684 e. The fourth-order valence-corrected chi connectivity index (χ4v) is 1.85. The maximum absolute atomic E-state index is 9.13. The summed E-state index contributed by atoms with van der Waals surface area (Å²) >= 11 is 0. The van der Waals surface area contributed by atoms with Crippen molar-refractivity contribution in [2.45, 2.75) is 13.0 Å². The topological polar surface area (TPSA) is 48.7 Å². The molecule has 2 aromatic rings. The fourth-order valence-electron chi connectivity index (χ4n) is 1.85. The van der Waals surface area contributed by atoms with E-state index in [9.17, 15) is 0 Å². The SMILES string of the molecule is C[C@H](C#N)[C@H](Nc1ccccc1)c1cccnc1. The lowest BCUT2D eigenvalue weighted by atomic mass is 9.96. The van der Waals surface area contributed by atoms with E-state index in [1.807, 2.05) is 49.4 Å². The number of anilines is 1. The number of pyridine rings is 1. The van der Waals surface area contributed by atoms with Crippen LogP contribution in [0.4, 0.5) is 5.69 Å². The summed E-state index contributed by atoms with van der Waals surface area (Å²) in [5.74, 6) is -0.130. The van der Waals surface area contributed by atoms with Crippen LogP contribution in [0.25, 0.3) is 0 Å². The van der Waals surface area contributed by atoms with Crippen molar-refractivity contribution in [2.24, 2.45) is 5.92 Å². The van der Waals surface area contributed by atoms with E-state index in [0.717, 1.165) is 11.3 Å². The monoisotopic (exact) mass is 237 g/mol. The molecule has 0 saturated heterocycles. The van der Waals surface area contributed by atoms with Crippen molar-refractivity contribution in [3.63, 3.8) is 0 Å². The van der Waals surface area contributed by atoms with Gasteiger partial charge in [0.15, 0.2) is 0 Å². The van der Waals surface area contributed by atoms with Crippen LogP contribution in [-0.4, -0.2) is 4.98 Å². The Kier molecular flexibility index (Phi) is 3.93. The van der Waals surface area contributed by atoms with Gasteiger partial charge >= 0.3 is 0 Å². The zero-order chi connectivity index (χ0) is 12.8. The first-order valence-electron chi connectivity index (χ1n) is 5.92. The predicted octanol–water partition coefficient (Wildman–Crippen LogP) is 3.39. The highest BCUT2D eigenvalue weighted by atomic mass is 14.9. The van der Waals surface area contributed by atoms with Crippen molar-refractivity contribution in [1.82, 2.24) is 4.98 Å². The summed E-state index contributed by atoms with van der Waals surface area (Å²) in [5.41, 5.74) is 2.03. The molecule has 0 fully saturated rings. The molecule has 0 spiro atoms. The number of nitrogens with one attached hydrogen (secondary N) is 1. The van der Waals surface area contributed by atoms with Crippen LogP contribution < -0.4 is 5.32 Å². The van der Waals surface area contributed by atoms with Gasteiger partial charge in [0.05, 0.1) is 18.0 Å². The van der Waals surface area contributed by atoms with E-state index in [0.29, 0.717) is 0 Å². The molecule has 1 aromatic carbocycles. The molecule has 3 nitrogen and oxygen atoms in total. The Bertz CT molecular complexity index is 516. The summed E-state index contributed by atoms with van der Waals surface area (Å²) in [5, 5.41) is 12.5. The van der Waals surface area contributed by atoms with Gasteiger partial charge in [-0.05, 0) is 30.7 Å². The van der Waals surface area contributed by atoms with Crippen LogP contribution in [-0.2, 0) is 0 Å². The minimum atomic E-state index is -0.130. The molecule has 0 aliphatic heterocycles. The molecule has 3 heteroatoms. The van der Waals surface area contributed by atoms with Gasteiger partial charge in [-0.2, -0.15) is 5.26 Å². The first-order chi connectivity index (χ1) is 8.81. The third-order valence-corrected chi connectivity index (χ3v) is 2.84. The molecule has 2 atom stereocenters. The molecular formula is C15H15N3. The van der Waals surface area contributed by atoms with Crippen LogP contribution in [0.15, 0.2) is 54.9 Å². The predicted molar refractivity (Wildman–Crippen MR) is 71.8 cm³/mol. The van der Waals surface area contributed by atoms with E-state index in [2.05, 4.69) is 16.4 Å². The highest BCUT2D eigenvalue weighted by molar-refractivity contribution is 5.45. The van der Waals surface area contributed by atoms with Gasteiger partial charge in [-0.1, -0.05) is 24.3 Å². The van der Waals surface area contributed by atoms with E-state index in [1.54, 1.807) is 12.4 Å². The molecule has 0 aliphatic carbocycles. The van der Waals surface area contributed by atoms with Gasteiger partial charge in [0, 0.05) is 18.1 Å². The molecule has 0 aliphatic rings. The zero-order valence-electron chi connectivity index (χ0n) is 10.2. The molecule has 0 radical (unpaired) electrons. The van der Waals surface area contributed by atoms with E-state index in [4.69, 9.17) is 5.26 Å². The Labute approximate surface area is 107 Å². The van der Waals surface area contributed by atoms with E-state index >= 15 is 0 Å². The average molecular weight is 237 g/mol. The number of hydrogen-bond donors (Lipinski definition) is 1. The fraction of sp³-hybridized carbons (Fsp3) is 0.200. The third-order valence-electron chi connectivity index (χ3n) is 2.84. The highest BCUT2D eigenvalue weighted by Crippen LogP contribution is 2.25. The first kappa shape index (κ1) is 12.1. The van der Waals surface area contributed by atoms with E-state index in [1.165, 1.54) is 0 Å². The normalized spacial score (nSPS) is 13.3. The summed E-state index contributed by atoms with van der Waals surface area (Å²) in [6.07, 6.45) is 3.54. The molecule has 18 heavy (non-hydrogen) atoms. The summed E-state index contributed by atoms with van der Waals surface area (Å²) in [4.78, 5) is 4.11. The molecule has 0 unspecified atom stereocenters. The Morgan fingerprint density at radius 2 is 1.94 bits per heavy atom. The van der Waals surface area contributed by atoms with Gasteiger partial charge in [0.1, 0.15) is 0 Å². The second-order valence-corrected chi connectivity index (χ2v) is 4.19. The molecule has 1 aromatic heterocycles. The lowest BCUT2D eigenvalue weighted by molar-refractivity contribution is 0.614. The van der Waals surface area contributed by atoms with E-state index < -0.39 is 0 Å². The lowest BCUT2D eigenvalue weighted by Crippen LogP contribution is -2.17. The molecule has 0 bridgehead atoms. The lowest BCUT2D eigenvalue weighted by Gasteiger charge is -2.22. The van der Waals surface area contributed by atoms with Gasteiger partial charge in [0.2, 0.25) is 0 Å². The maximum Gasteiger partial charge on any atom is 0.0684 e. The summed E-state index contributed by atoms with van der Waals surface area (Å²) in [6.45, 7) is 1.91. The number of nitrogens with zero attached hydrogens (tertiary/aromatic N) is 2. The largest absolute Gasteiger partial charge is 0.377 e. The Hall–Kier alpha value is -2.34. The van der Waals surface area contributed by atoms with Crippen LogP contribution >= 0.6 is 0 Å². The van der Waals surface area contributed by atoms with Crippen molar-refractivity contribution < 1.29 is 0 Å². The Morgan fingerprint density at radius 3 is 2.56 bits per heavy atom. The molecule has 1 N–H and O–H groups in total. The number of rotatable bonds is 4. The van der Waals surface area contributed by atoms with Gasteiger partial charge in [-0.3, -0.25) is 4.98 Å². The van der Waals surface area contributed by atoms with Crippen LogP contribution in [0, 0.1) is 17.2 Å². The highest BCUT2D eigenvalue weighted by Gasteiger charge is 2.18. The van der Waals surface area contributed by atoms with Crippen LogP contribution in [0.3, 0.4) is 0 Å². The Balaban J connectivity index is 2.25. The quantitative estimate of drug-likeness (QED) is 0.886. The van der Waals surface area contributed by atoms with Gasteiger partial charge in [-0.15, -0.1) is 0 Å². The molecule has 1 heterocycles. The maximum atomic E-state index is 9.13. The van der Waals surface area contributed by atoms with Crippen molar-refractivity contribution in [2.75, 3.05) is 5.32 Å². The molecule has 2 rings (SSSR count). The molecule has 0 saturated carbocycles. The van der Waals surface area contributed by atoms with Gasteiger partial charge < -0.3 is 5.32 Å². The van der Waals surface area contributed by atoms with Gasteiger partial charge in [0.25, 0.3) is 0 Å². The molecule has 90 valence electrons. The summed E-state index contributed by atoms with van der Waals surface area (Å²) < 4.78 is 0. The van der Waals surface area contributed by atoms with Crippen molar-refractivity contribution in [3.8, 4) is 6.07 Å². The standard InChI is InChI=1S/C15H15N3/c1-12(10-16)15(13-6-5-9-17-11-13)18-14-7-3-2-4-8-14/h2-9,11-12,15,18H,1H3/t12-,15+/m1/s1. The summed E-state index contributed by atoms with van der Waals surface area (Å²) in [6, 6.07) is 16.0.